The maximum Gasteiger partial charge on any atom is 0.164 e. The van der Waals surface area contributed by atoms with E-state index in [4.69, 9.17) is 29.9 Å². The first-order valence-electron chi connectivity index (χ1n) is 13.5. The molecular weight excluding hydrogens is 528 g/mol. The molecule has 4 aromatic rings. The van der Waals surface area contributed by atoms with Gasteiger partial charge in [0.05, 0.1) is 11.8 Å². The van der Waals surface area contributed by atoms with Crippen LogP contribution in [0.1, 0.15) is 23.5 Å². The molecule has 10 nitrogen and oxygen atoms in total. The summed E-state index contributed by atoms with van der Waals surface area (Å²) in [6.07, 6.45) is 11.1. The normalized spacial score (nSPS) is 19.1. The number of nitrogens with zero attached hydrogens (tertiary/aromatic N) is 6. The highest BCUT2D eigenvalue weighted by Crippen LogP contribution is 2.36. The molecule has 2 atom stereocenters. The molecule has 2 unspecified atom stereocenters. The van der Waals surface area contributed by atoms with Crippen molar-refractivity contribution in [3.8, 4) is 22.8 Å². The molecule has 4 N–H and O–H groups in total. The minimum atomic E-state index is -0.495. The third-order valence-corrected chi connectivity index (χ3v) is 7.99. The smallest absolute Gasteiger partial charge is 0.164 e. The minimum Gasteiger partial charge on any atom is -0.504 e. The fraction of sp³-hybridized carbons (Fsp3) is 0.0625. The van der Waals surface area contributed by atoms with Crippen LogP contribution in [0.4, 0.5) is 0 Å². The number of hydrogen-bond acceptors (Lipinski definition) is 8. The second-order valence-electron chi connectivity index (χ2n) is 10.5. The first-order chi connectivity index (χ1) is 20.6. The van der Waals surface area contributed by atoms with E-state index in [2.05, 4.69) is 16.0 Å². The van der Waals surface area contributed by atoms with E-state index in [0.717, 1.165) is 27.5 Å². The summed E-state index contributed by atoms with van der Waals surface area (Å²) in [4.78, 5) is 36.3. The van der Waals surface area contributed by atoms with E-state index in [-0.39, 0.29) is 17.4 Å². The summed E-state index contributed by atoms with van der Waals surface area (Å²) >= 11 is 0. The zero-order valence-electron chi connectivity index (χ0n) is 21.8. The first-order valence-corrected chi connectivity index (χ1v) is 13.5. The summed E-state index contributed by atoms with van der Waals surface area (Å²) in [5, 5.41) is 22.5. The van der Waals surface area contributed by atoms with Crippen LogP contribution in [0.15, 0.2) is 96.5 Å². The van der Waals surface area contributed by atoms with Crippen molar-refractivity contribution in [2.24, 2.45) is 0 Å². The van der Waals surface area contributed by atoms with Crippen LogP contribution in [0, 0.1) is 0 Å². The predicted molar refractivity (Wildman–Crippen MR) is 157 cm³/mol. The summed E-state index contributed by atoms with van der Waals surface area (Å²) in [7, 11) is 0. The van der Waals surface area contributed by atoms with E-state index in [1.807, 2.05) is 66.8 Å². The molecule has 2 aromatic carbocycles. The van der Waals surface area contributed by atoms with Gasteiger partial charge < -0.3 is 20.2 Å². The van der Waals surface area contributed by atoms with E-state index < -0.39 is 5.92 Å². The van der Waals surface area contributed by atoms with Crippen molar-refractivity contribution >= 4 is 33.2 Å². The third-order valence-electron chi connectivity index (χ3n) is 7.99. The highest BCUT2D eigenvalue weighted by atomic mass is 16.3. The van der Waals surface area contributed by atoms with Crippen LogP contribution < -0.4 is 11.0 Å². The first kappa shape index (κ1) is 22.9. The number of aromatic amines is 2. The number of fused-ring (bicyclic) bond motifs is 18. The highest BCUT2D eigenvalue weighted by molar-refractivity contribution is 6.04. The van der Waals surface area contributed by atoms with Gasteiger partial charge in [0.25, 0.3) is 0 Å². The van der Waals surface area contributed by atoms with Crippen LogP contribution in [0.3, 0.4) is 0 Å². The molecule has 8 bridgehead atoms. The van der Waals surface area contributed by atoms with Crippen molar-refractivity contribution in [1.82, 2.24) is 39.9 Å². The van der Waals surface area contributed by atoms with Gasteiger partial charge in [-0.3, -0.25) is 0 Å². The number of allylic oxidation sites excluding steroid dienone is 6. The van der Waals surface area contributed by atoms with Crippen LogP contribution >= 0.6 is 0 Å². The minimum absolute atomic E-state index is 0.165. The molecule has 0 fully saturated rings. The van der Waals surface area contributed by atoms with Crippen molar-refractivity contribution < 1.29 is 10.2 Å². The summed E-state index contributed by atoms with van der Waals surface area (Å²) in [6, 6.07) is 15.8. The molecule has 42 heavy (non-hydrogen) atoms. The largest absolute Gasteiger partial charge is 0.504 e. The molecule has 2 aliphatic carbocycles. The number of aliphatic hydroxyl groups excluding tert-OH is 2. The van der Waals surface area contributed by atoms with Gasteiger partial charge in [-0.15, -0.1) is 0 Å². The molecule has 9 rings (SSSR count). The van der Waals surface area contributed by atoms with Gasteiger partial charge in [0.1, 0.15) is 28.4 Å². The number of hydrogen-bond donors (Lipinski definition) is 4. The number of nitrogens with one attached hydrogen (secondary N) is 2. The van der Waals surface area contributed by atoms with E-state index in [1.54, 1.807) is 6.08 Å². The molecular formula is C32H20N8O2. The second kappa shape index (κ2) is 8.31. The lowest BCUT2D eigenvalue weighted by Crippen LogP contribution is -2.12. The number of aromatic nitrogens is 8. The topological polar surface area (TPSA) is 149 Å². The summed E-state index contributed by atoms with van der Waals surface area (Å²) in [6.45, 7) is 0. The summed E-state index contributed by atoms with van der Waals surface area (Å²) in [5.74, 6) is 1.06. The molecule has 5 heterocycles. The van der Waals surface area contributed by atoms with Crippen LogP contribution in [0.2, 0.25) is 0 Å². The molecule has 0 saturated heterocycles. The zero-order valence-corrected chi connectivity index (χ0v) is 21.8. The highest BCUT2D eigenvalue weighted by Gasteiger charge is 2.31. The average molecular weight is 549 g/mol. The number of aliphatic hydroxyl groups is 2. The Balaban J connectivity index is 1.48. The van der Waals surface area contributed by atoms with Gasteiger partial charge in [-0.05, 0) is 12.2 Å². The number of benzene rings is 2. The summed E-state index contributed by atoms with van der Waals surface area (Å²) < 4.78 is 0. The Hall–Kier alpha value is -5.90. The van der Waals surface area contributed by atoms with Crippen molar-refractivity contribution in [2.45, 2.75) is 11.8 Å². The van der Waals surface area contributed by atoms with Crippen molar-refractivity contribution in [3.05, 3.63) is 119 Å². The maximum absolute atomic E-state index is 10.4. The molecule has 200 valence electrons. The third kappa shape index (κ3) is 3.26. The van der Waals surface area contributed by atoms with Gasteiger partial charge in [0, 0.05) is 33.0 Å². The molecule has 10 heteroatoms. The van der Waals surface area contributed by atoms with E-state index >= 15 is 0 Å². The van der Waals surface area contributed by atoms with Crippen LogP contribution in [-0.4, -0.2) is 50.1 Å². The fourth-order valence-electron chi connectivity index (χ4n) is 5.98. The fourth-order valence-corrected chi connectivity index (χ4v) is 5.98. The average Bonchev–Trinajstić information content (AvgIpc) is 3.73. The Morgan fingerprint density at radius 1 is 0.643 bits per heavy atom. The Morgan fingerprint density at radius 2 is 1.38 bits per heavy atom. The Kier molecular flexibility index (Phi) is 4.52. The SMILES string of the molecule is OC1=CC2=c3nc(nc4[nH]c(nc5nc(nc6[nH]c(n3)c3ccccc63)-c3ccccc3-5)=C3C=CC=CC34)C2C=C1O. The number of rotatable bonds is 0. The standard InChI is InChI=1S/C32H20N8O2/c41-23-13-21-22(14-24(23)42)32-39-30-20-12-6-4-10-18(20)28(37-30)35-26-16-8-2-1-7-15(16)25(33-26)34-27-17-9-3-5-11-19(17)29(36-27)38-31(21)40-32/h1-14,19,21,41-42H,(H,36,38,40)(H,33,34,35,37,39). The monoisotopic (exact) mass is 548 g/mol. The zero-order chi connectivity index (χ0) is 27.9. The van der Waals surface area contributed by atoms with Crippen molar-refractivity contribution in [2.75, 3.05) is 0 Å². The van der Waals surface area contributed by atoms with Crippen molar-refractivity contribution in [3.63, 3.8) is 0 Å². The van der Waals surface area contributed by atoms with Gasteiger partial charge in [-0.2, -0.15) is 0 Å². The van der Waals surface area contributed by atoms with Gasteiger partial charge in [-0.25, -0.2) is 29.9 Å². The van der Waals surface area contributed by atoms with E-state index in [1.165, 1.54) is 6.08 Å². The van der Waals surface area contributed by atoms with Gasteiger partial charge in [0.15, 0.2) is 28.6 Å². The molecule has 0 saturated carbocycles. The molecule has 0 amide bonds. The molecule has 3 aliphatic heterocycles. The number of H-pyrrole nitrogens is 2. The summed E-state index contributed by atoms with van der Waals surface area (Å²) in [5.41, 5.74) is 5.57. The van der Waals surface area contributed by atoms with Crippen LogP contribution in [-0.2, 0) is 0 Å². The van der Waals surface area contributed by atoms with E-state index in [9.17, 15) is 10.2 Å². The lowest BCUT2D eigenvalue weighted by Gasteiger charge is -2.14. The van der Waals surface area contributed by atoms with Gasteiger partial charge >= 0.3 is 0 Å². The lowest BCUT2D eigenvalue weighted by atomic mass is 9.93. The van der Waals surface area contributed by atoms with Gasteiger partial charge in [0.2, 0.25) is 0 Å². The molecule has 0 radical (unpaired) electrons. The van der Waals surface area contributed by atoms with E-state index in [0.29, 0.717) is 51.1 Å². The van der Waals surface area contributed by atoms with Gasteiger partial charge in [-0.1, -0.05) is 72.8 Å². The molecule has 2 aromatic heterocycles. The Labute approximate surface area is 236 Å². The molecule has 0 spiro atoms. The van der Waals surface area contributed by atoms with Crippen LogP contribution in [0.5, 0.6) is 0 Å². The second-order valence-corrected chi connectivity index (χ2v) is 10.5. The Morgan fingerprint density at radius 3 is 2.19 bits per heavy atom. The lowest BCUT2D eigenvalue weighted by molar-refractivity contribution is 0.323. The van der Waals surface area contributed by atoms with Crippen LogP contribution in [0.25, 0.3) is 56.0 Å². The predicted octanol–water partition coefficient (Wildman–Crippen LogP) is 4.00. The Bertz CT molecular complexity index is 2360. The maximum atomic E-state index is 10.4. The van der Waals surface area contributed by atoms with Crippen molar-refractivity contribution in [1.29, 1.82) is 0 Å². The quantitative estimate of drug-likeness (QED) is 0.227. The molecule has 5 aliphatic rings.